The highest BCUT2D eigenvalue weighted by Gasteiger charge is 2.45. The van der Waals surface area contributed by atoms with Crippen LogP contribution >= 0.6 is 0 Å². The van der Waals surface area contributed by atoms with Crippen LogP contribution in [0.1, 0.15) is 85.0 Å². The highest BCUT2D eigenvalue weighted by atomic mass is 19.2. The smallest absolute Gasteiger partial charge is 0.157 e. The third-order valence-electron chi connectivity index (χ3n) is 7.45. The van der Waals surface area contributed by atoms with Crippen LogP contribution in [-0.2, 0) is 4.74 Å². The predicted octanol–water partition coefficient (Wildman–Crippen LogP) is 6.50. The molecule has 3 saturated carbocycles. The van der Waals surface area contributed by atoms with E-state index in [1.807, 2.05) is 13.8 Å². The topological polar surface area (TPSA) is 9.23 Å². The first-order valence-electron chi connectivity index (χ1n) is 10.9. The van der Waals surface area contributed by atoms with Crippen molar-refractivity contribution in [2.75, 3.05) is 0 Å². The molecule has 4 atom stereocenters. The zero-order chi connectivity index (χ0) is 18.0. The first kappa shape index (κ1) is 19.6. The average Bonchev–Trinajstić information content (AvgIpc) is 2.60. The summed E-state index contributed by atoms with van der Waals surface area (Å²) in [6.45, 7) is 6.18. The van der Waals surface area contributed by atoms with Gasteiger partial charge in [0.2, 0.25) is 0 Å². The van der Waals surface area contributed by atoms with Gasteiger partial charge in [0.05, 0.1) is 12.2 Å². The minimum absolute atomic E-state index is 0.0272. The van der Waals surface area contributed by atoms with Crippen molar-refractivity contribution in [2.45, 2.75) is 110 Å². The summed E-state index contributed by atoms with van der Waals surface area (Å²) < 4.78 is 34.9. The molecule has 25 heavy (non-hydrogen) atoms. The predicted molar refractivity (Wildman–Crippen MR) is 99.1 cm³/mol. The van der Waals surface area contributed by atoms with Crippen molar-refractivity contribution in [1.82, 2.24) is 0 Å². The molecular weight excluding hydrogens is 318 g/mol. The van der Waals surface area contributed by atoms with Gasteiger partial charge in [-0.05, 0) is 94.8 Å². The van der Waals surface area contributed by atoms with Crippen LogP contribution in [0.5, 0.6) is 0 Å². The molecule has 0 radical (unpaired) electrons. The van der Waals surface area contributed by atoms with E-state index in [2.05, 4.69) is 6.92 Å². The van der Waals surface area contributed by atoms with Crippen LogP contribution in [0.25, 0.3) is 0 Å². The van der Waals surface area contributed by atoms with Gasteiger partial charge >= 0.3 is 0 Å². The molecule has 0 aromatic heterocycles. The summed E-state index contributed by atoms with van der Waals surface area (Å²) in [5.41, 5.74) is 0. The molecule has 0 aromatic rings. The molecule has 3 rings (SSSR count). The summed E-state index contributed by atoms with van der Waals surface area (Å²) in [5.74, 6) is 2.98. The Morgan fingerprint density at radius 3 is 1.76 bits per heavy atom. The molecule has 0 N–H and O–H groups in total. The van der Waals surface area contributed by atoms with Crippen molar-refractivity contribution in [2.24, 2.45) is 29.6 Å². The maximum Gasteiger partial charge on any atom is 0.157 e. The summed E-state index contributed by atoms with van der Waals surface area (Å²) >= 11 is 0. The summed E-state index contributed by atoms with van der Waals surface area (Å²) in [6.07, 6.45) is 8.46. The Bertz CT molecular complexity index is 397. The fourth-order valence-corrected chi connectivity index (χ4v) is 5.91. The van der Waals surface area contributed by atoms with Crippen LogP contribution in [0.3, 0.4) is 0 Å². The normalized spacial score (nSPS) is 46.3. The molecule has 0 saturated heterocycles. The van der Waals surface area contributed by atoms with Gasteiger partial charge in [0.1, 0.15) is 6.17 Å². The average molecular weight is 357 g/mol. The van der Waals surface area contributed by atoms with E-state index in [1.54, 1.807) is 0 Å². The molecule has 1 nitrogen and oxygen atoms in total. The van der Waals surface area contributed by atoms with Gasteiger partial charge in [-0.3, -0.25) is 0 Å². The number of halogens is 2. The van der Waals surface area contributed by atoms with E-state index < -0.39 is 18.4 Å². The van der Waals surface area contributed by atoms with Crippen LogP contribution in [-0.4, -0.2) is 24.6 Å². The number of alkyl halides is 2. The van der Waals surface area contributed by atoms with Gasteiger partial charge in [-0.2, -0.15) is 0 Å². The van der Waals surface area contributed by atoms with E-state index in [-0.39, 0.29) is 12.0 Å². The van der Waals surface area contributed by atoms with E-state index in [0.717, 1.165) is 37.0 Å². The molecule has 3 aliphatic carbocycles. The number of ether oxygens (including phenoxy) is 1. The van der Waals surface area contributed by atoms with Crippen molar-refractivity contribution >= 4 is 0 Å². The van der Waals surface area contributed by atoms with Gasteiger partial charge in [-0.25, -0.2) is 8.78 Å². The minimum Gasteiger partial charge on any atom is -0.372 e. The quantitative estimate of drug-likeness (QED) is 0.559. The maximum absolute atomic E-state index is 14.8. The molecule has 4 unspecified atom stereocenters. The molecule has 0 heterocycles. The molecule has 3 aliphatic rings. The van der Waals surface area contributed by atoms with Gasteiger partial charge in [-0.15, -0.1) is 0 Å². The van der Waals surface area contributed by atoms with Crippen molar-refractivity contribution in [3.8, 4) is 0 Å². The molecule has 3 heteroatoms. The zero-order valence-electron chi connectivity index (χ0n) is 16.4. The lowest BCUT2D eigenvalue weighted by Gasteiger charge is -2.43. The Morgan fingerprint density at radius 1 is 0.680 bits per heavy atom. The third kappa shape index (κ3) is 4.76. The number of hydrogen-bond donors (Lipinski definition) is 0. The number of hydrogen-bond acceptors (Lipinski definition) is 1. The third-order valence-corrected chi connectivity index (χ3v) is 7.45. The highest BCUT2D eigenvalue weighted by molar-refractivity contribution is 4.94. The van der Waals surface area contributed by atoms with Crippen LogP contribution in [0.15, 0.2) is 0 Å². The SMILES string of the molecule is CC1CCC(C2CCC(C3CCC(OC(C)C)C(F)C3F)CC2)CC1. The second kappa shape index (κ2) is 8.67. The summed E-state index contributed by atoms with van der Waals surface area (Å²) in [7, 11) is 0. The first-order valence-corrected chi connectivity index (χ1v) is 10.9. The molecule has 0 bridgehead atoms. The van der Waals surface area contributed by atoms with Crippen molar-refractivity contribution < 1.29 is 13.5 Å². The van der Waals surface area contributed by atoms with Gasteiger partial charge < -0.3 is 4.74 Å². The lowest BCUT2D eigenvalue weighted by molar-refractivity contribution is -0.106. The van der Waals surface area contributed by atoms with Crippen LogP contribution < -0.4 is 0 Å². The molecule has 0 amide bonds. The molecular formula is C22H38F2O. The van der Waals surface area contributed by atoms with E-state index in [4.69, 9.17) is 4.74 Å². The zero-order valence-corrected chi connectivity index (χ0v) is 16.4. The summed E-state index contributed by atoms with van der Waals surface area (Å²) in [4.78, 5) is 0. The molecule has 0 spiro atoms. The largest absolute Gasteiger partial charge is 0.372 e. The fraction of sp³-hybridized carbons (Fsp3) is 1.00. The Kier molecular flexibility index (Phi) is 6.79. The first-order chi connectivity index (χ1) is 12.0. The summed E-state index contributed by atoms with van der Waals surface area (Å²) in [6, 6.07) is 0. The highest BCUT2D eigenvalue weighted by Crippen LogP contribution is 2.46. The van der Waals surface area contributed by atoms with Crippen LogP contribution in [0, 0.1) is 29.6 Å². The Morgan fingerprint density at radius 2 is 1.20 bits per heavy atom. The fourth-order valence-electron chi connectivity index (χ4n) is 5.91. The van der Waals surface area contributed by atoms with Crippen molar-refractivity contribution in [3.05, 3.63) is 0 Å². The second-order valence-electron chi connectivity index (χ2n) is 9.55. The van der Waals surface area contributed by atoms with E-state index >= 15 is 0 Å². The van der Waals surface area contributed by atoms with E-state index in [1.165, 1.54) is 38.5 Å². The van der Waals surface area contributed by atoms with Crippen LogP contribution in [0.2, 0.25) is 0 Å². The lowest BCUT2D eigenvalue weighted by atomic mass is 9.65. The van der Waals surface area contributed by atoms with Gasteiger partial charge in [-0.1, -0.05) is 19.8 Å². The van der Waals surface area contributed by atoms with Crippen LogP contribution in [0.4, 0.5) is 8.78 Å². The van der Waals surface area contributed by atoms with E-state index in [0.29, 0.717) is 12.3 Å². The minimum atomic E-state index is -1.43. The molecule has 3 fully saturated rings. The molecule has 146 valence electrons. The maximum atomic E-state index is 14.8. The monoisotopic (exact) mass is 356 g/mol. The van der Waals surface area contributed by atoms with Gasteiger partial charge in [0.25, 0.3) is 0 Å². The number of rotatable bonds is 4. The summed E-state index contributed by atoms with van der Waals surface area (Å²) in [5, 5.41) is 0. The van der Waals surface area contributed by atoms with Gasteiger partial charge in [0, 0.05) is 0 Å². The second-order valence-corrected chi connectivity index (χ2v) is 9.55. The lowest BCUT2D eigenvalue weighted by Crippen LogP contribution is -2.46. The Labute approximate surface area is 153 Å². The van der Waals surface area contributed by atoms with Crippen molar-refractivity contribution in [1.29, 1.82) is 0 Å². The van der Waals surface area contributed by atoms with Crippen molar-refractivity contribution in [3.63, 3.8) is 0 Å². The Balaban J connectivity index is 1.48. The van der Waals surface area contributed by atoms with Gasteiger partial charge in [0.15, 0.2) is 6.17 Å². The Hall–Kier alpha value is -0.180. The van der Waals surface area contributed by atoms with E-state index in [9.17, 15) is 8.78 Å². The molecule has 0 aromatic carbocycles. The molecule has 0 aliphatic heterocycles. The standard InChI is InChI=1S/C22H38F2O/c1-14(2)25-20-13-12-19(21(23)22(20)24)18-10-8-17(9-11-18)16-6-4-15(3)5-7-16/h14-22H,4-13H2,1-3H3.